The van der Waals surface area contributed by atoms with E-state index in [1.807, 2.05) is 0 Å². The standard InChI is InChI=1S/C9H13NO3S/c1-14(11,12)13-9-4-2-8(3-5-9)6-7-10/h2-5H,6-7,10H2,1H3. The highest BCUT2D eigenvalue weighted by Crippen LogP contribution is 2.13. The van der Waals surface area contributed by atoms with Gasteiger partial charge in [0.25, 0.3) is 0 Å². The van der Waals surface area contributed by atoms with Gasteiger partial charge >= 0.3 is 10.1 Å². The van der Waals surface area contributed by atoms with Gasteiger partial charge in [0, 0.05) is 0 Å². The molecule has 0 fully saturated rings. The molecule has 0 bridgehead atoms. The second-order valence-corrected chi connectivity index (χ2v) is 4.54. The van der Waals surface area contributed by atoms with Crippen molar-refractivity contribution in [2.75, 3.05) is 12.8 Å². The minimum absolute atomic E-state index is 0.327. The van der Waals surface area contributed by atoms with Crippen LogP contribution in [0.15, 0.2) is 24.3 Å². The number of hydrogen-bond donors (Lipinski definition) is 1. The molecular formula is C9H13NO3S. The van der Waals surface area contributed by atoms with E-state index < -0.39 is 10.1 Å². The fraction of sp³-hybridized carbons (Fsp3) is 0.333. The Kier molecular flexibility index (Phi) is 3.49. The molecule has 1 rings (SSSR count). The second-order valence-electron chi connectivity index (χ2n) is 2.97. The van der Waals surface area contributed by atoms with Gasteiger partial charge in [-0.05, 0) is 30.7 Å². The summed E-state index contributed by atoms with van der Waals surface area (Å²) in [6.07, 6.45) is 1.79. The number of nitrogens with two attached hydrogens (primary N) is 1. The Balaban J connectivity index is 2.74. The van der Waals surface area contributed by atoms with Crippen LogP contribution in [0.2, 0.25) is 0 Å². The minimum Gasteiger partial charge on any atom is -0.383 e. The zero-order valence-corrected chi connectivity index (χ0v) is 8.75. The van der Waals surface area contributed by atoms with Crippen molar-refractivity contribution in [1.29, 1.82) is 0 Å². The first-order valence-electron chi connectivity index (χ1n) is 4.20. The van der Waals surface area contributed by atoms with E-state index in [1.165, 1.54) is 0 Å². The topological polar surface area (TPSA) is 69.4 Å². The van der Waals surface area contributed by atoms with Crippen LogP contribution in [-0.4, -0.2) is 21.2 Å². The van der Waals surface area contributed by atoms with Gasteiger partial charge in [-0.15, -0.1) is 0 Å². The van der Waals surface area contributed by atoms with Crippen LogP contribution in [-0.2, 0) is 16.5 Å². The summed E-state index contributed by atoms with van der Waals surface area (Å²) in [4.78, 5) is 0. The van der Waals surface area contributed by atoms with E-state index in [9.17, 15) is 8.42 Å². The molecule has 0 radical (unpaired) electrons. The fourth-order valence-corrected chi connectivity index (χ4v) is 1.51. The highest BCUT2D eigenvalue weighted by atomic mass is 32.2. The van der Waals surface area contributed by atoms with Crippen molar-refractivity contribution >= 4 is 10.1 Å². The molecule has 0 aliphatic heterocycles. The summed E-state index contributed by atoms with van der Waals surface area (Å²) in [5, 5.41) is 0. The van der Waals surface area contributed by atoms with E-state index >= 15 is 0 Å². The zero-order valence-electron chi connectivity index (χ0n) is 7.93. The molecule has 1 aromatic carbocycles. The van der Waals surface area contributed by atoms with Gasteiger partial charge in [-0.25, -0.2) is 0 Å². The summed E-state index contributed by atoms with van der Waals surface area (Å²) in [6.45, 7) is 0.576. The molecular weight excluding hydrogens is 202 g/mol. The second kappa shape index (κ2) is 4.43. The van der Waals surface area contributed by atoms with Crippen LogP contribution < -0.4 is 9.92 Å². The number of hydrogen-bond acceptors (Lipinski definition) is 4. The Morgan fingerprint density at radius 2 is 1.86 bits per heavy atom. The first-order valence-corrected chi connectivity index (χ1v) is 6.01. The van der Waals surface area contributed by atoms with Gasteiger partial charge in [-0.2, -0.15) is 8.42 Å². The van der Waals surface area contributed by atoms with Gasteiger partial charge < -0.3 is 9.92 Å². The van der Waals surface area contributed by atoms with Gasteiger partial charge in [0.2, 0.25) is 0 Å². The summed E-state index contributed by atoms with van der Waals surface area (Å²) in [7, 11) is -3.43. The van der Waals surface area contributed by atoms with E-state index in [0.717, 1.165) is 18.2 Å². The maximum Gasteiger partial charge on any atom is 0.306 e. The zero-order chi connectivity index (χ0) is 10.6. The molecule has 0 saturated carbocycles. The van der Waals surface area contributed by atoms with Crippen molar-refractivity contribution in [2.45, 2.75) is 6.42 Å². The van der Waals surface area contributed by atoms with E-state index in [2.05, 4.69) is 4.18 Å². The quantitative estimate of drug-likeness (QED) is 0.744. The molecule has 0 aromatic heterocycles. The molecule has 0 amide bonds. The molecule has 0 saturated heterocycles. The normalized spacial score (nSPS) is 11.3. The van der Waals surface area contributed by atoms with Gasteiger partial charge in [-0.1, -0.05) is 12.1 Å². The molecule has 0 spiro atoms. The van der Waals surface area contributed by atoms with Crippen molar-refractivity contribution in [3.63, 3.8) is 0 Å². The predicted octanol–water partition coefficient (Wildman–Crippen LogP) is 0.526. The largest absolute Gasteiger partial charge is 0.383 e. The van der Waals surface area contributed by atoms with Crippen molar-refractivity contribution in [2.24, 2.45) is 5.73 Å². The summed E-state index contributed by atoms with van der Waals surface area (Å²) in [6, 6.07) is 6.83. The summed E-state index contributed by atoms with van der Waals surface area (Å²) < 4.78 is 26.2. The predicted molar refractivity (Wildman–Crippen MR) is 54.7 cm³/mol. The monoisotopic (exact) mass is 215 g/mol. The maximum absolute atomic E-state index is 10.8. The Morgan fingerprint density at radius 1 is 1.29 bits per heavy atom. The average Bonchev–Trinajstić information content (AvgIpc) is 2.06. The molecule has 4 nitrogen and oxygen atoms in total. The fourth-order valence-electron chi connectivity index (χ4n) is 1.05. The minimum atomic E-state index is -3.43. The number of benzene rings is 1. The summed E-state index contributed by atoms with van der Waals surface area (Å²) in [5.74, 6) is 0.327. The summed E-state index contributed by atoms with van der Waals surface area (Å²) >= 11 is 0. The van der Waals surface area contributed by atoms with Gasteiger partial charge in [-0.3, -0.25) is 0 Å². The van der Waals surface area contributed by atoms with Crippen LogP contribution >= 0.6 is 0 Å². The van der Waals surface area contributed by atoms with E-state index in [1.54, 1.807) is 24.3 Å². The highest BCUT2D eigenvalue weighted by Gasteiger charge is 2.03. The van der Waals surface area contributed by atoms with Crippen molar-refractivity contribution < 1.29 is 12.6 Å². The molecule has 0 heterocycles. The molecule has 5 heteroatoms. The summed E-state index contributed by atoms with van der Waals surface area (Å²) in [5.41, 5.74) is 6.44. The first kappa shape index (κ1) is 11.0. The lowest BCUT2D eigenvalue weighted by Gasteiger charge is -2.03. The van der Waals surface area contributed by atoms with Crippen LogP contribution in [0.1, 0.15) is 5.56 Å². The molecule has 1 aromatic rings. The molecule has 0 unspecified atom stereocenters. The van der Waals surface area contributed by atoms with Crippen LogP contribution in [0.5, 0.6) is 5.75 Å². The highest BCUT2D eigenvalue weighted by molar-refractivity contribution is 7.86. The van der Waals surface area contributed by atoms with Gasteiger partial charge in [0.1, 0.15) is 5.75 Å². The van der Waals surface area contributed by atoms with E-state index in [0.29, 0.717) is 12.3 Å². The smallest absolute Gasteiger partial charge is 0.306 e. The molecule has 0 atom stereocenters. The van der Waals surface area contributed by atoms with Gasteiger partial charge in [0.15, 0.2) is 0 Å². The Morgan fingerprint density at radius 3 is 2.29 bits per heavy atom. The van der Waals surface area contributed by atoms with Crippen LogP contribution in [0.3, 0.4) is 0 Å². The lowest BCUT2D eigenvalue weighted by molar-refractivity contribution is 0.493. The molecule has 14 heavy (non-hydrogen) atoms. The Labute approximate surface area is 83.8 Å². The Bertz CT molecular complexity index is 383. The third kappa shape index (κ3) is 3.76. The van der Waals surface area contributed by atoms with Gasteiger partial charge in [0.05, 0.1) is 6.26 Å². The maximum atomic E-state index is 10.8. The van der Waals surface area contributed by atoms with Crippen LogP contribution in [0.4, 0.5) is 0 Å². The molecule has 0 aliphatic carbocycles. The SMILES string of the molecule is CS(=O)(=O)Oc1ccc(CCN)cc1. The van der Waals surface area contributed by atoms with E-state index in [4.69, 9.17) is 5.73 Å². The molecule has 2 N–H and O–H groups in total. The van der Waals surface area contributed by atoms with Crippen molar-refractivity contribution in [1.82, 2.24) is 0 Å². The van der Waals surface area contributed by atoms with Crippen LogP contribution in [0, 0.1) is 0 Å². The lowest BCUT2D eigenvalue weighted by Crippen LogP contribution is -2.06. The van der Waals surface area contributed by atoms with Crippen molar-refractivity contribution in [3.8, 4) is 5.75 Å². The molecule has 78 valence electrons. The van der Waals surface area contributed by atoms with Crippen LogP contribution in [0.25, 0.3) is 0 Å². The van der Waals surface area contributed by atoms with E-state index in [-0.39, 0.29) is 0 Å². The third-order valence-corrected chi connectivity index (χ3v) is 2.10. The van der Waals surface area contributed by atoms with Crippen molar-refractivity contribution in [3.05, 3.63) is 29.8 Å². The average molecular weight is 215 g/mol. The third-order valence-electron chi connectivity index (χ3n) is 1.60. The molecule has 0 aliphatic rings. The lowest BCUT2D eigenvalue weighted by atomic mass is 10.1. The first-order chi connectivity index (χ1) is 6.51. The Hall–Kier alpha value is -1.07. The number of rotatable bonds is 4.